The number of nitrogens with zero attached hydrogens (tertiary/aromatic N) is 4. The molecule has 1 aliphatic rings. The summed E-state index contributed by atoms with van der Waals surface area (Å²) in [5, 5.41) is 0.491. The minimum atomic E-state index is 0.491. The molecule has 1 fully saturated rings. The molecule has 3 rings (SSSR count). The molecule has 1 aliphatic carbocycles. The van der Waals surface area contributed by atoms with Gasteiger partial charge in [0, 0.05) is 18.3 Å². The lowest BCUT2D eigenvalue weighted by molar-refractivity contribution is 0.961. The Bertz CT molecular complexity index is 557. The van der Waals surface area contributed by atoms with E-state index in [-0.39, 0.29) is 0 Å². The highest BCUT2D eigenvalue weighted by atomic mass is 127. The molecule has 0 N–H and O–H groups in total. The van der Waals surface area contributed by atoms with E-state index in [0.29, 0.717) is 22.7 Å². The van der Waals surface area contributed by atoms with Crippen LogP contribution in [0.4, 0.5) is 0 Å². The highest BCUT2D eigenvalue weighted by molar-refractivity contribution is 14.1. The van der Waals surface area contributed by atoms with E-state index in [4.69, 9.17) is 11.6 Å². The quantitative estimate of drug-likeness (QED) is 0.611. The van der Waals surface area contributed by atoms with Crippen molar-refractivity contribution in [3.05, 3.63) is 32.9 Å². The average Bonchev–Trinajstić information content (AvgIpc) is 3.18. The third-order valence-electron chi connectivity index (χ3n) is 2.57. The van der Waals surface area contributed by atoms with Gasteiger partial charge in [-0.2, -0.15) is 0 Å². The number of hydrogen-bond donors (Lipinski definition) is 0. The van der Waals surface area contributed by atoms with Crippen LogP contribution >= 0.6 is 34.2 Å². The average molecular weight is 359 g/mol. The molecule has 17 heavy (non-hydrogen) atoms. The van der Waals surface area contributed by atoms with Gasteiger partial charge in [0.25, 0.3) is 0 Å². The molecule has 1 saturated carbocycles. The van der Waals surface area contributed by atoms with Crippen molar-refractivity contribution in [1.29, 1.82) is 0 Å². The van der Waals surface area contributed by atoms with Crippen molar-refractivity contribution in [2.45, 2.75) is 18.8 Å². The van der Waals surface area contributed by atoms with Crippen LogP contribution in [0.2, 0.25) is 5.15 Å². The maximum atomic E-state index is 6.13. The Labute approximate surface area is 117 Å². The van der Waals surface area contributed by atoms with E-state index >= 15 is 0 Å². The first-order valence-electron chi connectivity index (χ1n) is 5.26. The summed E-state index contributed by atoms with van der Waals surface area (Å²) >= 11 is 8.32. The van der Waals surface area contributed by atoms with Crippen LogP contribution in [0.1, 0.15) is 24.5 Å². The summed E-state index contributed by atoms with van der Waals surface area (Å²) in [5.74, 6) is 1.57. The molecule has 0 saturated heterocycles. The SMILES string of the molecule is Clc1nc(-c2ncccn2)nc(C2CC2)c1I. The molecule has 6 heteroatoms. The molecule has 0 bridgehead atoms. The van der Waals surface area contributed by atoms with Gasteiger partial charge in [-0.25, -0.2) is 19.9 Å². The van der Waals surface area contributed by atoms with Crippen molar-refractivity contribution in [2.75, 3.05) is 0 Å². The molecule has 4 nitrogen and oxygen atoms in total. The smallest absolute Gasteiger partial charge is 0.199 e. The lowest BCUT2D eigenvalue weighted by Gasteiger charge is -2.06. The van der Waals surface area contributed by atoms with Crippen LogP contribution < -0.4 is 0 Å². The third kappa shape index (κ3) is 2.26. The summed E-state index contributed by atoms with van der Waals surface area (Å²) in [6, 6.07) is 1.76. The van der Waals surface area contributed by atoms with Gasteiger partial charge < -0.3 is 0 Å². The maximum Gasteiger partial charge on any atom is 0.199 e. The fourth-order valence-electron chi connectivity index (χ4n) is 1.58. The predicted molar refractivity (Wildman–Crippen MR) is 72.8 cm³/mol. The van der Waals surface area contributed by atoms with Gasteiger partial charge in [-0.3, -0.25) is 0 Å². The van der Waals surface area contributed by atoms with Gasteiger partial charge in [-0.15, -0.1) is 0 Å². The molecule has 86 valence electrons. The monoisotopic (exact) mass is 358 g/mol. The van der Waals surface area contributed by atoms with E-state index in [2.05, 4.69) is 42.5 Å². The highest BCUT2D eigenvalue weighted by Crippen LogP contribution is 2.42. The van der Waals surface area contributed by atoms with Gasteiger partial charge in [-0.05, 0) is 41.5 Å². The Morgan fingerprint density at radius 1 is 1.12 bits per heavy atom. The molecular weight excluding hydrogens is 351 g/mol. The molecule has 0 radical (unpaired) electrons. The minimum Gasteiger partial charge on any atom is -0.234 e. The van der Waals surface area contributed by atoms with Gasteiger partial charge >= 0.3 is 0 Å². The fourth-order valence-corrected chi connectivity index (χ4v) is 2.44. The van der Waals surface area contributed by atoms with Crippen LogP contribution in [-0.2, 0) is 0 Å². The lowest BCUT2D eigenvalue weighted by atomic mass is 10.3. The van der Waals surface area contributed by atoms with Gasteiger partial charge in [0.1, 0.15) is 5.15 Å². The van der Waals surface area contributed by atoms with Gasteiger partial charge in [0.05, 0.1) is 9.26 Å². The normalized spacial score (nSPS) is 14.9. The third-order valence-corrected chi connectivity index (χ3v) is 4.22. The first kappa shape index (κ1) is 11.3. The molecule has 0 amide bonds. The van der Waals surface area contributed by atoms with E-state index < -0.39 is 0 Å². The Morgan fingerprint density at radius 3 is 2.47 bits per heavy atom. The van der Waals surface area contributed by atoms with Crippen LogP contribution in [0.25, 0.3) is 11.6 Å². The summed E-state index contributed by atoms with van der Waals surface area (Å²) < 4.78 is 0.950. The van der Waals surface area contributed by atoms with Gasteiger partial charge in [0.2, 0.25) is 0 Å². The van der Waals surface area contributed by atoms with Crippen LogP contribution in [-0.4, -0.2) is 19.9 Å². The molecule has 0 unspecified atom stereocenters. The molecule has 0 atom stereocenters. The summed E-state index contributed by atoms with van der Waals surface area (Å²) in [4.78, 5) is 17.1. The van der Waals surface area contributed by atoms with Crippen molar-refractivity contribution in [3.8, 4) is 11.6 Å². The van der Waals surface area contributed by atoms with Crippen molar-refractivity contribution >= 4 is 34.2 Å². The maximum absolute atomic E-state index is 6.13. The number of rotatable bonds is 2. The highest BCUT2D eigenvalue weighted by Gasteiger charge is 2.29. The largest absolute Gasteiger partial charge is 0.234 e. The Balaban J connectivity index is 2.12. The molecule has 2 heterocycles. The zero-order chi connectivity index (χ0) is 11.8. The molecular formula is C11H8ClIN4. The molecule has 0 aliphatic heterocycles. The Kier molecular flexibility index (Phi) is 2.96. The van der Waals surface area contributed by atoms with Crippen molar-refractivity contribution < 1.29 is 0 Å². The zero-order valence-corrected chi connectivity index (χ0v) is 11.7. The summed E-state index contributed by atoms with van der Waals surface area (Å²) in [6.07, 6.45) is 5.71. The molecule has 2 aromatic rings. The first-order valence-corrected chi connectivity index (χ1v) is 6.71. The summed E-state index contributed by atoms with van der Waals surface area (Å²) in [7, 11) is 0. The second kappa shape index (κ2) is 4.45. The lowest BCUT2D eigenvalue weighted by Crippen LogP contribution is -2.01. The second-order valence-corrected chi connectivity index (χ2v) is 5.32. The van der Waals surface area contributed by atoms with Crippen LogP contribution in [0, 0.1) is 3.57 Å². The Morgan fingerprint density at radius 2 is 1.82 bits per heavy atom. The van der Waals surface area contributed by atoms with Crippen molar-refractivity contribution in [3.63, 3.8) is 0 Å². The van der Waals surface area contributed by atoms with Crippen molar-refractivity contribution in [1.82, 2.24) is 19.9 Å². The van der Waals surface area contributed by atoms with Gasteiger partial charge in [-0.1, -0.05) is 11.6 Å². The summed E-state index contributed by atoms with van der Waals surface area (Å²) in [6.45, 7) is 0. The summed E-state index contributed by atoms with van der Waals surface area (Å²) in [5.41, 5.74) is 1.04. The molecule has 2 aromatic heterocycles. The van der Waals surface area contributed by atoms with Crippen LogP contribution in [0.15, 0.2) is 18.5 Å². The van der Waals surface area contributed by atoms with Gasteiger partial charge in [0.15, 0.2) is 11.6 Å². The topological polar surface area (TPSA) is 51.6 Å². The standard InChI is InChI=1S/C11H8ClIN4/c12-9-7(13)8(6-2-3-6)16-11(17-9)10-14-4-1-5-15-10/h1,4-6H,2-3H2. The van der Waals surface area contributed by atoms with Crippen LogP contribution in [0.3, 0.4) is 0 Å². The minimum absolute atomic E-state index is 0.491. The van der Waals surface area contributed by atoms with Crippen LogP contribution in [0.5, 0.6) is 0 Å². The number of aromatic nitrogens is 4. The Hall–Kier alpha value is -0.820. The molecule has 0 aromatic carbocycles. The van der Waals surface area contributed by atoms with E-state index in [0.717, 1.165) is 9.26 Å². The second-order valence-electron chi connectivity index (χ2n) is 3.88. The van der Waals surface area contributed by atoms with E-state index in [1.807, 2.05) is 0 Å². The first-order chi connectivity index (χ1) is 8.25. The van der Waals surface area contributed by atoms with E-state index in [1.165, 1.54) is 12.8 Å². The number of halogens is 2. The van der Waals surface area contributed by atoms with E-state index in [1.54, 1.807) is 18.5 Å². The van der Waals surface area contributed by atoms with Crippen molar-refractivity contribution in [2.24, 2.45) is 0 Å². The fraction of sp³-hybridized carbons (Fsp3) is 0.273. The number of hydrogen-bond acceptors (Lipinski definition) is 4. The van der Waals surface area contributed by atoms with E-state index in [9.17, 15) is 0 Å². The predicted octanol–water partition coefficient (Wildman–Crippen LogP) is 3.07. The zero-order valence-electron chi connectivity index (χ0n) is 8.77. The molecule has 0 spiro atoms.